The highest BCUT2D eigenvalue weighted by Crippen LogP contribution is 2.23. The lowest BCUT2D eigenvalue weighted by Crippen LogP contribution is -2.45. The molecule has 1 aliphatic rings. The van der Waals surface area contributed by atoms with Crippen molar-refractivity contribution in [1.29, 1.82) is 0 Å². The van der Waals surface area contributed by atoms with E-state index in [0.717, 1.165) is 18.6 Å². The molecule has 3 nitrogen and oxygen atoms in total. The number of thioether (sulfide) groups is 1. The number of rotatable bonds is 6. The standard InChI is InChI=1S/C17H26N2OS.ClH/c1-13-5-4-6-14(9-13)11-21-12-17(20)19-16-8-3-2-7-15(16)10-18;/h4-6,9,15-16H,2-3,7-8,10-12,18H2,1H3,(H,19,20);1H. The molecule has 3 N–H and O–H groups in total. The molecule has 1 amide bonds. The summed E-state index contributed by atoms with van der Waals surface area (Å²) in [6, 6.07) is 8.74. The van der Waals surface area contributed by atoms with Crippen molar-refractivity contribution in [3.8, 4) is 0 Å². The fourth-order valence-corrected chi connectivity index (χ4v) is 3.78. The predicted molar refractivity (Wildman–Crippen MR) is 97.5 cm³/mol. The van der Waals surface area contributed by atoms with Crippen LogP contribution < -0.4 is 11.1 Å². The smallest absolute Gasteiger partial charge is 0.230 e. The fraction of sp³-hybridized carbons (Fsp3) is 0.588. The van der Waals surface area contributed by atoms with Crippen LogP contribution in [0, 0.1) is 12.8 Å². The molecule has 22 heavy (non-hydrogen) atoms. The number of amides is 1. The maximum Gasteiger partial charge on any atom is 0.230 e. The van der Waals surface area contributed by atoms with Crippen molar-refractivity contribution in [2.24, 2.45) is 11.7 Å². The lowest BCUT2D eigenvalue weighted by molar-refractivity contribution is -0.119. The molecule has 0 aromatic heterocycles. The van der Waals surface area contributed by atoms with Crippen LogP contribution in [-0.2, 0) is 10.5 Å². The van der Waals surface area contributed by atoms with Crippen LogP contribution in [0.2, 0.25) is 0 Å². The van der Waals surface area contributed by atoms with Gasteiger partial charge in [-0.25, -0.2) is 0 Å². The van der Waals surface area contributed by atoms with E-state index in [1.54, 1.807) is 11.8 Å². The van der Waals surface area contributed by atoms with Gasteiger partial charge in [0.1, 0.15) is 0 Å². The minimum absolute atomic E-state index is 0. The van der Waals surface area contributed by atoms with E-state index in [2.05, 4.69) is 36.5 Å². The van der Waals surface area contributed by atoms with Crippen LogP contribution in [0.5, 0.6) is 0 Å². The van der Waals surface area contributed by atoms with E-state index in [1.165, 1.54) is 24.0 Å². The highest BCUT2D eigenvalue weighted by molar-refractivity contribution is 7.99. The highest BCUT2D eigenvalue weighted by atomic mass is 35.5. The zero-order chi connectivity index (χ0) is 15.1. The van der Waals surface area contributed by atoms with Crippen molar-refractivity contribution >= 4 is 30.1 Å². The second kappa shape index (κ2) is 10.1. The molecule has 124 valence electrons. The van der Waals surface area contributed by atoms with E-state index < -0.39 is 0 Å². The molecule has 1 aromatic rings. The first-order chi connectivity index (χ1) is 10.2. The molecular weight excluding hydrogens is 316 g/mol. The molecule has 1 fully saturated rings. The van der Waals surface area contributed by atoms with Gasteiger partial charge in [0.15, 0.2) is 0 Å². The van der Waals surface area contributed by atoms with Crippen LogP contribution >= 0.6 is 24.2 Å². The minimum Gasteiger partial charge on any atom is -0.352 e. The second-order valence-electron chi connectivity index (χ2n) is 5.94. The summed E-state index contributed by atoms with van der Waals surface area (Å²) in [5.41, 5.74) is 8.35. The quantitative estimate of drug-likeness (QED) is 0.834. The Labute approximate surface area is 144 Å². The van der Waals surface area contributed by atoms with Gasteiger partial charge < -0.3 is 11.1 Å². The average molecular weight is 343 g/mol. The summed E-state index contributed by atoms with van der Waals surface area (Å²) in [6.07, 6.45) is 4.68. The van der Waals surface area contributed by atoms with Crippen LogP contribution in [0.3, 0.4) is 0 Å². The SMILES string of the molecule is Cc1cccc(CSCC(=O)NC2CCCCC2CN)c1.Cl. The number of hydrogen-bond acceptors (Lipinski definition) is 3. The molecular formula is C17H27ClN2OS. The summed E-state index contributed by atoms with van der Waals surface area (Å²) in [4.78, 5) is 12.1. The van der Waals surface area contributed by atoms with Crippen molar-refractivity contribution in [2.75, 3.05) is 12.3 Å². The third kappa shape index (κ3) is 6.19. The Morgan fingerprint density at radius 2 is 2.14 bits per heavy atom. The van der Waals surface area contributed by atoms with E-state index in [-0.39, 0.29) is 24.4 Å². The predicted octanol–water partition coefficient (Wildman–Crippen LogP) is 3.28. The number of benzene rings is 1. The maximum absolute atomic E-state index is 12.1. The van der Waals surface area contributed by atoms with Gasteiger partial charge in [-0.2, -0.15) is 0 Å². The molecule has 1 aliphatic carbocycles. The molecule has 5 heteroatoms. The van der Waals surface area contributed by atoms with Crippen LogP contribution in [0.15, 0.2) is 24.3 Å². The van der Waals surface area contributed by atoms with Gasteiger partial charge in [0.05, 0.1) is 5.75 Å². The molecule has 0 spiro atoms. The summed E-state index contributed by atoms with van der Waals surface area (Å²) < 4.78 is 0. The lowest BCUT2D eigenvalue weighted by Gasteiger charge is -2.31. The topological polar surface area (TPSA) is 55.1 Å². The van der Waals surface area contributed by atoms with Crippen molar-refractivity contribution in [3.05, 3.63) is 35.4 Å². The van der Waals surface area contributed by atoms with Gasteiger partial charge in [0.25, 0.3) is 0 Å². The first-order valence-electron chi connectivity index (χ1n) is 7.81. The zero-order valence-electron chi connectivity index (χ0n) is 13.2. The van der Waals surface area contributed by atoms with Gasteiger partial charge in [-0.15, -0.1) is 24.2 Å². The molecule has 0 radical (unpaired) electrons. The summed E-state index contributed by atoms with van der Waals surface area (Å²) in [6.45, 7) is 2.78. The number of carbonyl (C=O) groups is 1. The van der Waals surface area contributed by atoms with Gasteiger partial charge in [-0.3, -0.25) is 4.79 Å². The van der Waals surface area contributed by atoms with Gasteiger partial charge in [-0.05, 0) is 37.8 Å². The maximum atomic E-state index is 12.1. The van der Waals surface area contributed by atoms with Crippen LogP contribution in [-0.4, -0.2) is 24.2 Å². The molecule has 1 aromatic carbocycles. The van der Waals surface area contributed by atoms with Gasteiger partial charge >= 0.3 is 0 Å². The van der Waals surface area contributed by atoms with Crippen LogP contribution in [0.25, 0.3) is 0 Å². The minimum atomic E-state index is 0. The van der Waals surface area contributed by atoms with Crippen molar-refractivity contribution < 1.29 is 4.79 Å². The van der Waals surface area contributed by atoms with Crippen molar-refractivity contribution in [3.63, 3.8) is 0 Å². The molecule has 2 atom stereocenters. The summed E-state index contributed by atoms with van der Waals surface area (Å²) >= 11 is 1.68. The van der Waals surface area contributed by atoms with Crippen LogP contribution in [0.4, 0.5) is 0 Å². The van der Waals surface area contributed by atoms with Crippen LogP contribution in [0.1, 0.15) is 36.8 Å². The Morgan fingerprint density at radius 1 is 1.36 bits per heavy atom. The number of halogens is 1. The number of aryl methyl sites for hydroxylation is 1. The molecule has 0 heterocycles. The van der Waals surface area contributed by atoms with Gasteiger partial charge in [0.2, 0.25) is 5.91 Å². The van der Waals surface area contributed by atoms with Gasteiger partial charge in [-0.1, -0.05) is 42.7 Å². The Kier molecular flexibility index (Phi) is 8.91. The summed E-state index contributed by atoms with van der Waals surface area (Å²) in [7, 11) is 0. The highest BCUT2D eigenvalue weighted by Gasteiger charge is 2.24. The Hall–Kier alpha value is -0.710. The number of hydrogen-bond donors (Lipinski definition) is 2. The first-order valence-corrected chi connectivity index (χ1v) is 8.97. The Bertz CT molecular complexity index is 470. The number of nitrogens with two attached hydrogens (primary N) is 1. The second-order valence-corrected chi connectivity index (χ2v) is 6.92. The Morgan fingerprint density at radius 3 is 2.86 bits per heavy atom. The van der Waals surface area contributed by atoms with E-state index in [4.69, 9.17) is 5.73 Å². The summed E-state index contributed by atoms with van der Waals surface area (Å²) in [5, 5.41) is 3.18. The molecule has 2 rings (SSSR count). The monoisotopic (exact) mass is 342 g/mol. The third-order valence-corrected chi connectivity index (χ3v) is 5.15. The molecule has 0 aliphatic heterocycles. The normalized spacial score (nSPS) is 21.0. The van der Waals surface area contributed by atoms with E-state index in [0.29, 0.717) is 18.2 Å². The zero-order valence-corrected chi connectivity index (χ0v) is 14.8. The van der Waals surface area contributed by atoms with E-state index >= 15 is 0 Å². The summed E-state index contributed by atoms with van der Waals surface area (Å²) in [5.74, 6) is 2.03. The lowest BCUT2D eigenvalue weighted by atomic mass is 9.84. The average Bonchev–Trinajstić information content (AvgIpc) is 2.48. The molecule has 1 saturated carbocycles. The van der Waals surface area contributed by atoms with E-state index in [9.17, 15) is 4.79 Å². The van der Waals surface area contributed by atoms with Gasteiger partial charge in [0, 0.05) is 11.8 Å². The number of nitrogens with one attached hydrogen (secondary N) is 1. The number of carbonyl (C=O) groups excluding carboxylic acids is 1. The first kappa shape index (κ1) is 19.3. The van der Waals surface area contributed by atoms with E-state index in [1.807, 2.05) is 0 Å². The Balaban J connectivity index is 0.00000242. The third-order valence-electron chi connectivity index (χ3n) is 4.14. The van der Waals surface area contributed by atoms with Crippen molar-refractivity contribution in [2.45, 2.75) is 44.4 Å². The molecule has 2 unspecified atom stereocenters. The van der Waals surface area contributed by atoms with Crippen molar-refractivity contribution in [1.82, 2.24) is 5.32 Å². The molecule has 0 bridgehead atoms. The fourth-order valence-electron chi connectivity index (χ4n) is 2.99. The largest absolute Gasteiger partial charge is 0.352 e. The molecule has 0 saturated heterocycles.